The van der Waals surface area contributed by atoms with Crippen molar-refractivity contribution >= 4 is 11.6 Å². The van der Waals surface area contributed by atoms with E-state index in [4.69, 9.17) is 11.6 Å². The van der Waals surface area contributed by atoms with Crippen LogP contribution in [-0.2, 0) is 6.42 Å². The molecule has 1 rings (SSSR count). The Kier molecular flexibility index (Phi) is 5.93. The largest absolute Gasteiger partial charge is 0.314 e. The van der Waals surface area contributed by atoms with Gasteiger partial charge in [0.05, 0.1) is 5.02 Å². The van der Waals surface area contributed by atoms with Gasteiger partial charge in [-0.1, -0.05) is 31.5 Å². The smallest absolute Gasteiger partial charge is 0.142 e. The van der Waals surface area contributed by atoms with E-state index < -0.39 is 0 Å². The first-order valence-corrected chi connectivity index (χ1v) is 6.59. The second kappa shape index (κ2) is 6.97. The minimum atomic E-state index is -0.328. The van der Waals surface area contributed by atoms with Crippen LogP contribution < -0.4 is 5.32 Å². The lowest BCUT2D eigenvalue weighted by molar-refractivity contribution is 0.398. The summed E-state index contributed by atoms with van der Waals surface area (Å²) < 4.78 is 13.3. The van der Waals surface area contributed by atoms with Crippen LogP contribution in [0.3, 0.4) is 0 Å². The van der Waals surface area contributed by atoms with Gasteiger partial charge >= 0.3 is 0 Å². The molecule has 0 radical (unpaired) electrons. The first-order chi connectivity index (χ1) is 8.04. The summed E-state index contributed by atoms with van der Waals surface area (Å²) in [4.78, 5) is 0. The van der Waals surface area contributed by atoms with E-state index in [1.807, 2.05) is 6.07 Å². The molecule has 17 heavy (non-hydrogen) atoms. The Bertz CT molecular complexity index is 354. The van der Waals surface area contributed by atoms with Gasteiger partial charge in [-0.25, -0.2) is 4.39 Å². The average molecular weight is 258 g/mol. The number of halogens is 2. The van der Waals surface area contributed by atoms with Crippen LogP contribution in [0.5, 0.6) is 0 Å². The molecule has 0 aliphatic carbocycles. The molecule has 0 aliphatic heterocycles. The molecule has 1 N–H and O–H groups in total. The Balaban J connectivity index is 2.55. The van der Waals surface area contributed by atoms with E-state index in [2.05, 4.69) is 26.1 Å². The highest BCUT2D eigenvalue weighted by Crippen LogP contribution is 2.18. The molecule has 2 atom stereocenters. The quantitative estimate of drug-likeness (QED) is 0.811. The van der Waals surface area contributed by atoms with Gasteiger partial charge in [-0.15, -0.1) is 0 Å². The maximum absolute atomic E-state index is 13.3. The monoisotopic (exact) mass is 257 g/mol. The first-order valence-electron chi connectivity index (χ1n) is 6.22. The molecular weight excluding hydrogens is 237 g/mol. The van der Waals surface area contributed by atoms with Gasteiger partial charge in [-0.3, -0.25) is 0 Å². The lowest BCUT2D eigenvalue weighted by Gasteiger charge is -2.21. The van der Waals surface area contributed by atoms with Gasteiger partial charge in [-0.05, 0) is 49.9 Å². The third kappa shape index (κ3) is 4.64. The molecule has 0 amide bonds. The van der Waals surface area contributed by atoms with Crippen LogP contribution in [0.2, 0.25) is 5.02 Å². The Morgan fingerprint density at radius 1 is 1.35 bits per heavy atom. The summed E-state index contributed by atoms with van der Waals surface area (Å²) in [5.74, 6) is 0.146. The predicted octanol–water partition coefficient (Wildman–Crippen LogP) is 4.05. The molecule has 96 valence electrons. The van der Waals surface area contributed by atoms with E-state index in [1.165, 1.54) is 6.07 Å². The van der Waals surface area contributed by atoms with Crippen molar-refractivity contribution in [1.82, 2.24) is 5.32 Å². The number of hydrogen-bond acceptors (Lipinski definition) is 1. The van der Waals surface area contributed by atoms with Gasteiger partial charge in [0.2, 0.25) is 0 Å². The highest BCUT2D eigenvalue weighted by Gasteiger charge is 2.12. The second-order valence-electron chi connectivity index (χ2n) is 4.67. The van der Waals surface area contributed by atoms with Crippen LogP contribution >= 0.6 is 11.6 Å². The van der Waals surface area contributed by atoms with E-state index >= 15 is 0 Å². The van der Waals surface area contributed by atoms with Gasteiger partial charge in [0.15, 0.2) is 0 Å². The van der Waals surface area contributed by atoms with Crippen LogP contribution in [0.15, 0.2) is 18.2 Å². The van der Waals surface area contributed by atoms with Crippen molar-refractivity contribution in [1.29, 1.82) is 0 Å². The third-order valence-corrected chi connectivity index (χ3v) is 3.42. The molecule has 0 saturated heterocycles. The predicted molar refractivity (Wildman–Crippen MR) is 72.0 cm³/mol. The normalized spacial score (nSPS) is 14.6. The molecule has 2 unspecified atom stereocenters. The van der Waals surface area contributed by atoms with Crippen molar-refractivity contribution in [3.05, 3.63) is 34.6 Å². The highest BCUT2D eigenvalue weighted by atomic mass is 35.5. The van der Waals surface area contributed by atoms with E-state index in [-0.39, 0.29) is 10.8 Å². The fourth-order valence-corrected chi connectivity index (χ4v) is 1.91. The molecule has 1 aromatic carbocycles. The molecule has 0 saturated carbocycles. The highest BCUT2D eigenvalue weighted by molar-refractivity contribution is 6.30. The van der Waals surface area contributed by atoms with Crippen molar-refractivity contribution in [2.75, 3.05) is 6.54 Å². The van der Waals surface area contributed by atoms with E-state index in [9.17, 15) is 4.39 Å². The minimum absolute atomic E-state index is 0.193. The molecule has 0 heterocycles. The Labute approximate surface area is 108 Å². The van der Waals surface area contributed by atoms with Crippen LogP contribution in [0.4, 0.5) is 4.39 Å². The lowest BCUT2D eigenvalue weighted by atomic mass is 9.95. The molecule has 1 aromatic rings. The summed E-state index contributed by atoms with van der Waals surface area (Å²) in [5.41, 5.74) is 1.00. The van der Waals surface area contributed by atoms with Crippen LogP contribution in [0.25, 0.3) is 0 Å². The topological polar surface area (TPSA) is 12.0 Å². The van der Waals surface area contributed by atoms with Crippen molar-refractivity contribution in [2.45, 2.75) is 39.7 Å². The zero-order chi connectivity index (χ0) is 12.8. The fourth-order valence-electron chi connectivity index (χ4n) is 1.79. The summed E-state index contributed by atoms with van der Waals surface area (Å²) in [5, 5.41) is 3.65. The average Bonchev–Trinajstić information content (AvgIpc) is 2.30. The maximum Gasteiger partial charge on any atom is 0.142 e. The van der Waals surface area contributed by atoms with Crippen molar-refractivity contribution in [3.8, 4) is 0 Å². The van der Waals surface area contributed by atoms with E-state index in [1.54, 1.807) is 6.07 Å². The summed E-state index contributed by atoms with van der Waals surface area (Å²) in [6.45, 7) is 7.53. The standard InChI is InChI=1S/C14H21ClFN/c1-4-7-17-11(3)10(2)8-12-5-6-13(15)14(16)9-12/h5-6,9-11,17H,4,7-8H2,1-3H3. The second-order valence-corrected chi connectivity index (χ2v) is 5.08. The number of benzene rings is 1. The van der Waals surface area contributed by atoms with Gasteiger partial charge in [0.25, 0.3) is 0 Å². The van der Waals surface area contributed by atoms with E-state index in [0.717, 1.165) is 24.9 Å². The molecule has 0 aliphatic rings. The molecule has 0 fully saturated rings. The van der Waals surface area contributed by atoms with Crippen molar-refractivity contribution in [2.24, 2.45) is 5.92 Å². The van der Waals surface area contributed by atoms with Gasteiger partial charge in [0.1, 0.15) is 5.82 Å². The molecule has 3 heteroatoms. The van der Waals surface area contributed by atoms with Crippen LogP contribution in [0.1, 0.15) is 32.8 Å². The molecule has 1 nitrogen and oxygen atoms in total. The zero-order valence-corrected chi connectivity index (χ0v) is 11.5. The Hall–Kier alpha value is -0.600. The zero-order valence-electron chi connectivity index (χ0n) is 10.8. The fraction of sp³-hybridized carbons (Fsp3) is 0.571. The molecule has 0 spiro atoms. The lowest BCUT2D eigenvalue weighted by Crippen LogP contribution is -2.33. The summed E-state index contributed by atoms with van der Waals surface area (Å²) >= 11 is 5.66. The van der Waals surface area contributed by atoms with Crippen LogP contribution in [-0.4, -0.2) is 12.6 Å². The van der Waals surface area contributed by atoms with Gasteiger partial charge < -0.3 is 5.32 Å². The molecule has 0 aromatic heterocycles. The number of rotatable bonds is 6. The van der Waals surface area contributed by atoms with Crippen LogP contribution in [0, 0.1) is 11.7 Å². The van der Waals surface area contributed by atoms with Gasteiger partial charge in [-0.2, -0.15) is 0 Å². The van der Waals surface area contributed by atoms with E-state index in [0.29, 0.717) is 12.0 Å². The molecular formula is C14H21ClFN. The minimum Gasteiger partial charge on any atom is -0.314 e. The maximum atomic E-state index is 13.3. The summed E-state index contributed by atoms with van der Waals surface area (Å²) in [7, 11) is 0. The third-order valence-electron chi connectivity index (χ3n) is 3.11. The summed E-state index contributed by atoms with van der Waals surface area (Å²) in [6, 6.07) is 5.50. The number of nitrogens with one attached hydrogen (secondary N) is 1. The van der Waals surface area contributed by atoms with Gasteiger partial charge in [0, 0.05) is 6.04 Å². The summed E-state index contributed by atoms with van der Waals surface area (Å²) in [6.07, 6.45) is 2.00. The Morgan fingerprint density at radius 3 is 2.65 bits per heavy atom. The SMILES string of the molecule is CCCNC(C)C(C)Cc1ccc(Cl)c(F)c1. The van der Waals surface area contributed by atoms with Crippen molar-refractivity contribution in [3.63, 3.8) is 0 Å². The Morgan fingerprint density at radius 2 is 2.06 bits per heavy atom. The molecule has 0 bridgehead atoms. The number of hydrogen-bond donors (Lipinski definition) is 1. The van der Waals surface area contributed by atoms with Crippen molar-refractivity contribution < 1.29 is 4.39 Å². The first kappa shape index (κ1) is 14.5.